The van der Waals surface area contributed by atoms with Crippen molar-refractivity contribution in [1.29, 1.82) is 0 Å². The van der Waals surface area contributed by atoms with Gasteiger partial charge in [-0.25, -0.2) is 18.2 Å². The Morgan fingerprint density at radius 2 is 1.75 bits per heavy atom. The molecular weight excluding hydrogens is 398 g/mol. The number of sulfonamides is 1. The molecule has 2 fully saturated rings. The van der Waals surface area contributed by atoms with E-state index in [2.05, 4.69) is 4.98 Å². The number of carbonyl (C=O) groups excluding carboxylic acids is 1. The Labute approximate surface area is 169 Å². The third-order valence-electron chi connectivity index (χ3n) is 5.08. The molecule has 1 aromatic carbocycles. The number of nitrogens with zero attached hydrogens (tertiary/aromatic N) is 3. The van der Waals surface area contributed by atoms with E-state index in [1.54, 1.807) is 33.5 Å². The van der Waals surface area contributed by atoms with Gasteiger partial charge in [-0.2, -0.15) is 4.31 Å². The van der Waals surface area contributed by atoms with Gasteiger partial charge in [0.1, 0.15) is 11.6 Å². The lowest BCUT2D eigenvalue weighted by Gasteiger charge is -2.20. The van der Waals surface area contributed by atoms with Crippen molar-refractivity contribution in [2.24, 2.45) is 0 Å². The van der Waals surface area contributed by atoms with E-state index in [0.717, 1.165) is 41.9 Å². The lowest BCUT2D eigenvalue weighted by atomic mass is 10.2. The van der Waals surface area contributed by atoms with Gasteiger partial charge in [-0.05, 0) is 25.0 Å². The molecule has 0 unspecified atom stereocenters. The van der Waals surface area contributed by atoms with Crippen LogP contribution < -0.4 is 0 Å². The molecule has 2 aliphatic heterocycles. The summed E-state index contributed by atoms with van der Waals surface area (Å²) in [7, 11) is -3.44. The van der Waals surface area contributed by atoms with Crippen molar-refractivity contribution >= 4 is 27.5 Å². The summed E-state index contributed by atoms with van der Waals surface area (Å²) in [6.07, 6.45) is 3.71. The van der Waals surface area contributed by atoms with Crippen molar-refractivity contribution in [3.63, 3.8) is 0 Å². The molecule has 0 spiro atoms. The Kier molecular flexibility index (Phi) is 5.65. The molecule has 2 aliphatic rings. The maximum Gasteiger partial charge on any atom is 0.410 e. The standard InChI is InChI=1S/C19H23N3O4S2/c23-19-21(11-12-26-19)13-18-20-17(14-27-18)15-5-7-16(8-6-15)28(24,25)22-9-3-1-2-4-10-22/h5-8,14H,1-4,9-13H2. The normalized spacial score (nSPS) is 18.9. The van der Waals surface area contributed by atoms with Gasteiger partial charge in [-0.3, -0.25) is 4.90 Å². The van der Waals surface area contributed by atoms with Gasteiger partial charge < -0.3 is 4.74 Å². The summed E-state index contributed by atoms with van der Waals surface area (Å²) in [6.45, 7) is 2.63. The molecule has 3 heterocycles. The molecule has 28 heavy (non-hydrogen) atoms. The average molecular weight is 422 g/mol. The number of rotatable bonds is 5. The predicted molar refractivity (Wildman–Crippen MR) is 107 cm³/mol. The van der Waals surface area contributed by atoms with Crippen molar-refractivity contribution < 1.29 is 17.9 Å². The van der Waals surface area contributed by atoms with E-state index in [1.807, 2.05) is 5.38 Å². The third kappa shape index (κ3) is 4.06. The molecule has 0 atom stereocenters. The van der Waals surface area contributed by atoms with Gasteiger partial charge in [-0.1, -0.05) is 25.0 Å². The zero-order valence-corrected chi connectivity index (χ0v) is 17.2. The Morgan fingerprint density at radius 3 is 2.39 bits per heavy atom. The van der Waals surface area contributed by atoms with Gasteiger partial charge in [0, 0.05) is 24.0 Å². The van der Waals surface area contributed by atoms with Crippen molar-refractivity contribution in [3.8, 4) is 11.3 Å². The summed E-state index contributed by atoms with van der Waals surface area (Å²) in [5, 5.41) is 2.75. The number of cyclic esters (lactones) is 1. The van der Waals surface area contributed by atoms with E-state index < -0.39 is 10.0 Å². The van der Waals surface area contributed by atoms with Gasteiger partial charge >= 0.3 is 6.09 Å². The quantitative estimate of drug-likeness (QED) is 0.740. The van der Waals surface area contributed by atoms with Crippen LogP contribution >= 0.6 is 11.3 Å². The zero-order chi connectivity index (χ0) is 19.6. The van der Waals surface area contributed by atoms with Crippen molar-refractivity contribution in [2.45, 2.75) is 37.1 Å². The highest BCUT2D eigenvalue weighted by molar-refractivity contribution is 7.89. The molecule has 1 aromatic heterocycles. The van der Waals surface area contributed by atoms with E-state index in [0.29, 0.717) is 37.7 Å². The van der Waals surface area contributed by atoms with E-state index in [1.165, 1.54) is 11.3 Å². The molecule has 2 saturated heterocycles. The molecule has 9 heteroatoms. The summed E-state index contributed by atoms with van der Waals surface area (Å²) in [4.78, 5) is 18.1. The molecule has 2 aromatic rings. The fourth-order valence-electron chi connectivity index (χ4n) is 3.48. The Hall–Kier alpha value is -1.97. The molecule has 0 N–H and O–H groups in total. The maximum absolute atomic E-state index is 12.9. The Bertz CT molecular complexity index is 932. The molecule has 150 valence electrons. The van der Waals surface area contributed by atoms with Gasteiger partial charge in [0.15, 0.2) is 0 Å². The summed E-state index contributed by atoms with van der Waals surface area (Å²) in [5.74, 6) is 0. The SMILES string of the molecule is O=C1OCCN1Cc1nc(-c2ccc(S(=O)(=O)N3CCCCCC3)cc2)cs1. The second-order valence-electron chi connectivity index (χ2n) is 7.01. The predicted octanol–water partition coefficient (Wildman–Crippen LogP) is 3.33. The van der Waals surface area contributed by atoms with E-state index in [9.17, 15) is 13.2 Å². The topological polar surface area (TPSA) is 79.8 Å². The van der Waals surface area contributed by atoms with Crippen LogP contribution in [-0.2, 0) is 21.3 Å². The summed E-state index contributed by atoms with van der Waals surface area (Å²) < 4.78 is 32.3. The van der Waals surface area contributed by atoms with Crippen molar-refractivity contribution in [2.75, 3.05) is 26.2 Å². The fourth-order valence-corrected chi connectivity index (χ4v) is 5.81. The number of thiazole rings is 1. The minimum atomic E-state index is -3.44. The number of carbonyl (C=O) groups is 1. The van der Waals surface area contributed by atoms with Crippen LogP contribution in [0.5, 0.6) is 0 Å². The number of ether oxygens (including phenoxy) is 1. The monoisotopic (exact) mass is 421 g/mol. The number of benzene rings is 1. The molecule has 0 radical (unpaired) electrons. The lowest BCUT2D eigenvalue weighted by Crippen LogP contribution is -2.31. The van der Waals surface area contributed by atoms with Gasteiger partial charge in [-0.15, -0.1) is 11.3 Å². The van der Waals surface area contributed by atoms with Gasteiger partial charge in [0.25, 0.3) is 0 Å². The molecular formula is C19H23N3O4S2. The first-order valence-electron chi connectivity index (χ1n) is 9.51. The zero-order valence-electron chi connectivity index (χ0n) is 15.5. The molecule has 0 aliphatic carbocycles. The first-order chi connectivity index (χ1) is 13.5. The fraction of sp³-hybridized carbons (Fsp3) is 0.474. The summed E-state index contributed by atoms with van der Waals surface area (Å²) >= 11 is 1.48. The van der Waals surface area contributed by atoms with Crippen LogP contribution in [0.25, 0.3) is 11.3 Å². The number of hydrogen-bond donors (Lipinski definition) is 0. The first-order valence-corrected chi connectivity index (χ1v) is 11.8. The van der Waals surface area contributed by atoms with E-state index in [4.69, 9.17) is 4.74 Å². The molecule has 0 saturated carbocycles. The highest BCUT2D eigenvalue weighted by atomic mass is 32.2. The van der Waals surface area contributed by atoms with Crippen LogP contribution in [0.3, 0.4) is 0 Å². The summed E-state index contributed by atoms with van der Waals surface area (Å²) in [5.41, 5.74) is 1.65. The Balaban J connectivity index is 1.48. The maximum atomic E-state index is 12.9. The van der Waals surface area contributed by atoms with Gasteiger partial charge in [0.2, 0.25) is 10.0 Å². The smallest absolute Gasteiger partial charge is 0.410 e. The summed E-state index contributed by atoms with van der Waals surface area (Å²) in [6, 6.07) is 6.92. The van der Waals surface area contributed by atoms with E-state index >= 15 is 0 Å². The number of hydrogen-bond acceptors (Lipinski definition) is 6. The highest BCUT2D eigenvalue weighted by Crippen LogP contribution is 2.26. The minimum Gasteiger partial charge on any atom is -0.448 e. The minimum absolute atomic E-state index is 0.306. The molecule has 1 amide bonds. The third-order valence-corrected chi connectivity index (χ3v) is 7.82. The van der Waals surface area contributed by atoms with Crippen molar-refractivity contribution in [1.82, 2.24) is 14.2 Å². The lowest BCUT2D eigenvalue weighted by molar-refractivity contribution is 0.157. The van der Waals surface area contributed by atoms with Crippen LogP contribution in [0.4, 0.5) is 4.79 Å². The van der Waals surface area contributed by atoms with Crippen LogP contribution in [0.2, 0.25) is 0 Å². The number of amides is 1. The van der Waals surface area contributed by atoms with Crippen LogP contribution in [0.15, 0.2) is 34.5 Å². The Morgan fingerprint density at radius 1 is 1.04 bits per heavy atom. The van der Waals surface area contributed by atoms with Crippen LogP contribution in [0, 0.1) is 0 Å². The average Bonchev–Trinajstić information content (AvgIpc) is 3.22. The molecule has 7 nitrogen and oxygen atoms in total. The highest BCUT2D eigenvalue weighted by Gasteiger charge is 2.25. The van der Waals surface area contributed by atoms with Crippen LogP contribution in [0.1, 0.15) is 30.7 Å². The second-order valence-corrected chi connectivity index (χ2v) is 9.89. The van der Waals surface area contributed by atoms with Crippen LogP contribution in [-0.4, -0.2) is 54.9 Å². The largest absolute Gasteiger partial charge is 0.448 e. The molecule has 0 bridgehead atoms. The van der Waals surface area contributed by atoms with Gasteiger partial charge in [0.05, 0.1) is 23.7 Å². The van der Waals surface area contributed by atoms with Crippen molar-refractivity contribution in [3.05, 3.63) is 34.7 Å². The molecule has 4 rings (SSSR count). The second kappa shape index (κ2) is 8.18. The van der Waals surface area contributed by atoms with E-state index in [-0.39, 0.29) is 6.09 Å². The first kappa shape index (κ1) is 19.4. The number of aromatic nitrogens is 1.